The molecule has 0 saturated heterocycles. The van der Waals surface area contributed by atoms with E-state index in [0.717, 1.165) is 12.1 Å². The second-order valence-corrected chi connectivity index (χ2v) is 6.99. The maximum atomic E-state index is 12.3. The van der Waals surface area contributed by atoms with Gasteiger partial charge in [-0.05, 0) is 26.0 Å². The first-order chi connectivity index (χ1) is 12.6. The van der Waals surface area contributed by atoms with Gasteiger partial charge in [-0.3, -0.25) is 9.35 Å². The third-order valence-electron chi connectivity index (χ3n) is 3.61. The summed E-state index contributed by atoms with van der Waals surface area (Å²) >= 11 is 0. The van der Waals surface area contributed by atoms with E-state index in [9.17, 15) is 22.6 Å². The van der Waals surface area contributed by atoms with E-state index in [0.29, 0.717) is 17.1 Å². The van der Waals surface area contributed by atoms with Crippen molar-refractivity contribution in [1.82, 2.24) is 0 Å². The molecule has 10 heteroatoms. The highest BCUT2D eigenvalue weighted by molar-refractivity contribution is 7.86. The first-order valence-corrected chi connectivity index (χ1v) is 9.24. The van der Waals surface area contributed by atoms with Crippen LogP contribution in [-0.4, -0.2) is 44.7 Å². The smallest absolute Gasteiger partial charge is 0.335 e. The van der Waals surface area contributed by atoms with Gasteiger partial charge in [-0.15, -0.1) is 0 Å². The molecule has 1 aliphatic heterocycles. The van der Waals surface area contributed by atoms with Gasteiger partial charge in [0.1, 0.15) is 17.3 Å². The van der Waals surface area contributed by atoms with Gasteiger partial charge in [-0.2, -0.15) is 8.42 Å². The number of rotatable bonds is 8. The summed E-state index contributed by atoms with van der Waals surface area (Å²) in [5.41, 5.74) is 0.207. The molecule has 0 bridgehead atoms. The Hall–Kier alpha value is -2.69. The second-order valence-electron chi connectivity index (χ2n) is 5.60. The molecule has 0 spiro atoms. The van der Waals surface area contributed by atoms with Crippen LogP contribution in [-0.2, 0) is 33.9 Å². The van der Waals surface area contributed by atoms with Gasteiger partial charge < -0.3 is 19.5 Å². The normalized spacial score (nSPS) is 15.0. The van der Waals surface area contributed by atoms with E-state index in [1.54, 1.807) is 6.92 Å². The molecule has 1 aliphatic rings. The number of methoxy groups -OCH3 is 1. The van der Waals surface area contributed by atoms with Gasteiger partial charge in [0.05, 0.1) is 5.69 Å². The summed E-state index contributed by atoms with van der Waals surface area (Å²) in [6, 6.07) is 5.38. The van der Waals surface area contributed by atoms with Crippen LogP contribution in [0.5, 0.6) is 0 Å². The Bertz CT molecular complexity index is 917. The molecule has 1 aromatic rings. The number of carbonyl (C=O) groups is 2. The zero-order valence-corrected chi connectivity index (χ0v) is 15.7. The standard InChI is InChI=1S/C17H19NO8S/c1-10-16(26-10)12(9-25-17(20)11(2)24-3)8-15(19)18-13-6-4-5-7-14(13)27(21,22)23/h4-8,11H,9H2,1-3H3,(H,18,19)(H,21,22,23)/b12-8-. The molecular formula is C17H19NO8S. The van der Waals surface area contributed by atoms with Crippen LogP contribution in [0.4, 0.5) is 5.69 Å². The Morgan fingerprint density at radius 2 is 1.96 bits per heavy atom. The lowest BCUT2D eigenvalue weighted by Gasteiger charge is -2.10. The summed E-state index contributed by atoms with van der Waals surface area (Å²) in [5, 5.41) is 2.37. The maximum Gasteiger partial charge on any atom is 0.335 e. The van der Waals surface area contributed by atoms with Crippen LogP contribution in [0.2, 0.25) is 0 Å². The summed E-state index contributed by atoms with van der Waals surface area (Å²) < 4.78 is 47.1. The fourth-order valence-electron chi connectivity index (χ4n) is 2.08. The minimum absolute atomic E-state index is 0.0898. The van der Waals surface area contributed by atoms with E-state index in [1.165, 1.54) is 32.2 Å². The first kappa shape index (κ1) is 20.6. The lowest BCUT2D eigenvalue weighted by atomic mass is 10.2. The lowest BCUT2D eigenvalue weighted by molar-refractivity contribution is -0.153. The molecule has 0 radical (unpaired) electrons. The number of hydrogen-bond acceptors (Lipinski definition) is 7. The van der Waals surface area contributed by atoms with Crippen molar-refractivity contribution in [2.45, 2.75) is 24.8 Å². The highest BCUT2D eigenvalue weighted by Gasteiger charge is 2.27. The maximum absolute atomic E-state index is 12.3. The molecule has 0 aromatic heterocycles. The molecule has 0 saturated carbocycles. The Labute approximate surface area is 156 Å². The predicted octanol–water partition coefficient (Wildman–Crippen LogP) is 1.64. The highest BCUT2D eigenvalue weighted by atomic mass is 32.2. The van der Waals surface area contributed by atoms with Gasteiger partial charge in [0, 0.05) is 18.8 Å². The molecular weight excluding hydrogens is 378 g/mol. The largest absolute Gasteiger partial charge is 0.459 e. The number of ether oxygens (including phenoxy) is 3. The number of esters is 1. The van der Waals surface area contributed by atoms with Crippen LogP contribution in [0.1, 0.15) is 13.8 Å². The quantitative estimate of drug-likeness (QED) is 0.384. The molecule has 1 heterocycles. The van der Waals surface area contributed by atoms with E-state index in [2.05, 4.69) is 5.32 Å². The van der Waals surface area contributed by atoms with Crippen LogP contribution < -0.4 is 5.32 Å². The molecule has 1 amide bonds. The molecule has 0 aliphatic carbocycles. The third kappa shape index (κ3) is 5.64. The number of allylic oxidation sites excluding steroid dienone is 1. The number of carbonyl (C=O) groups excluding carboxylic acids is 2. The van der Waals surface area contributed by atoms with Gasteiger partial charge in [0.15, 0.2) is 11.9 Å². The van der Waals surface area contributed by atoms with Crippen molar-refractivity contribution < 1.29 is 36.8 Å². The molecule has 0 fully saturated rings. The Morgan fingerprint density at radius 1 is 1.33 bits per heavy atom. The Balaban J connectivity index is 2.16. The van der Waals surface area contributed by atoms with Crippen molar-refractivity contribution >= 4 is 27.7 Å². The second kappa shape index (κ2) is 8.33. The average molecular weight is 397 g/mol. The van der Waals surface area contributed by atoms with Crippen LogP contribution in [0, 0.1) is 0 Å². The van der Waals surface area contributed by atoms with E-state index in [-0.39, 0.29) is 12.3 Å². The van der Waals surface area contributed by atoms with Gasteiger partial charge in [0.25, 0.3) is 10.1 Å². The van der Waals surface area contributed by atoms with Crippen molar-refractivity contribution in [3.05, 3.63) is 47.4 Å². The summed E-state index contributed by atoms with van der Waals surface area (Å²) in [7, 11) is -3.15. The SMILES string of the molecule is COC(C)C(=O)OC/C(=C/C(=O)Nc1ccccc1S(=O)(=O)O)C1=C(C)O1. The Kier molecular flexibility index (Phi) is 6.37. The number of nitrogens with one attached hydrogen (secondary N) is 1. The summed E-state index contributed by atoms with van der Waals surface area (Å²) in [6.07, 6.45) is 0.356. The van der Waals surface area contributed by atoms with Gasteiger partial charge >= 0.3 is 5.97 Å². The fraction of sp³-hybridized carbons (Fsp3) is 0.294. The zero-order chi connectivity index (χ0) is 20.2. The molecule has 2 N–H and O–H groups in total. The van der Waals surface area contributed by atoms with Gasteiger partial charge in [0.2, 0.25) is 5.91 Å². The van der Waals surface area contributed by atoms with E-state index in [1.807, 2.05) is 0 Å². The number of benzene rings is 1. The number of amides is 1. The first-order valence-electron chi connectivity index (χ1n) is 7.80. The summed E-state index contributed by atoms with van der Waals surface area (Å²) in [5.74, 6) is -0.318. The molecule has 1 aromatic carbocycles. The van der Waals surface area contributed by atoms with Crippen molar-refractivity contribution in [2.75, 3.05) is 19.0 Å². The van der Waals surface area contributed by atoms with E-state index >= 15 is 0 Å². The summed E-state index contributed by atoms with van der Waals surface area (Å²) in [6.45, 7) is 2.96. The fourth-order valence-corrected chi connectivity index (χ4v) is 2.72. The van der Waals surface area contributed by atoms with E-state index < -0.39 is 33.0 Å². The molecule has 146 valence electrons. The summed E-state index contributed by atoms with van der Waals surface area (Å²) in [4.78, 5) is 23.5. The lowest BCUT2D eigenvalue weighted by Crippen LogP contribution is -2.23. The highest BCUT2D eigenvalue weighted by Crippen LogP contribution is 2.32. The molecule has 1 unspecified atom stereocenters. The average Bonchev–Trinajstić information content (AvgIpc) is 3.33. The number of anilines is 1. The molecule has 1 atom stereocenters. The van der Waals surface area contributed by atoms with Crippen molar-refractivity contribution in [3.63, 3.8) is 0 Å². The predicted molar refractivity (Wildman–Crippen MR) is 94.2 cm³/mol. The number of para-hydroxylation sites is 1. The monoisotopic (exact) mass is 397 g/mol. The third-order valence-corrected chi connectivity index (χ3v) is 4.52. The topological polar surface area (TPSA) is 132 Å². The van der Waals surface area contributed by atoms with Gasteiger partial charge in [-0.1, -0.05) is 12.1 Å². The van der Waals surface area contributed by atoms with Crippen molar-refractivity contribution in [2.24, 2.45) is 0 Å². The minimum atomic E-state index is -4.51. The Morgan fingerprint density at radius 3 is 2.52 bits per heavy atom. The van der Waals surface area contributed by atoms with Crippen molar-refractivity contribution in [3.8, 4) is 0 Å². The van der Waals surface area contributed by atoms with Gasteiger partial charge in [-0.25, -0.2) is 4.79 Å². The minimum Gasteiger partial charge on any atom is -0.459 e. The number of hydrogen-bond donors (Lipinski definition) is 2. The van der Waals surface area contributed by atoms with Crippen LogP contribution in [0.3, 0.4) is 0 Å². The molecule has 27 heavy (non-hydrogen) atoms. The van der Waals surface area contributed by atoms with Crippen LogP contribution in [0.15, 0.2) is 52.3 Å². The van der Waals surface area contributed by atoms with Crippen LogP contribution in [0.25, 0.3) is 0 Å². The van der Waals surface area contributed by atoms with Crippen molar-refractivity contribution in [1.29, 1.82) is 0 Å². The van der Waals surface area contributed by atoms with Crippen LogP contribution >= 0.6 is 0 Å². The van der Waals surface area contributed by atoms with E-state index in [4.69, 9.17) is 14.2 Å². The zero-order valence-electron chi connectivity index (χ0n) is 14.9. The molecule has 9 nitrogen and oxygen atoms in total. The molecule has 2 rings (SSSR count).